The topological polar surface area (TPSA) is 107 Å². The Labute approximate surface area is 386 Å². The number of amides is 2. The molecule has 0 saturated heterocycles. The van der Waals surface area contributed by atoms with Gasteiger partial charge in [0.15, 0.2) is 0 Å². The summed E-state index contributed by atoms with van der Waals surface area (Å²) in [6.45, 7) is 5.78. The Kier molecular flexibility index (Phi) is 15.0. The number of methoxy groups -OCH3 is 1. The van der Waals surface area contributed by atoms with E-state index in [0.717, 1.165) is 78.2 Å². The number of hydrogen-bond donors (Lipinski definition) is 1. The van der Waals surface area contributed by atoms with Crippen LogP contribution in [0.2, 0.25) is 5.02 Å². The molecule has 1 fully saturated rings. The van der Waals surface area contributed by atoms with Crippen LogP contribution in [0.3, 0.4) is 0 Å². The summed E-state index contributed by atoms with van der Waals surface area (Å²) in [5.74, 6) is -1.06. The highest BCUT2D eigenvalue weighted by Crippen LogP contribution is 2.58. The number of ether oxygens (including phenoxy) is 3. The molecular weight excluding hydrogens is 911 g/mol. The molecule has 1 heterocycles. The normalized spacial score (nSPS) is 21.9. The average molecular weight is 967 g/mol. The molecular formula is C50H56BrClF3N3O6. The first-order valence-corrected chi connectivity index (χ1v) is 23.4. The van der Waals surface area contributed by atoms with Crippen molar-refractivity contribution in [3.63, 3.8) is 0 Å². The Hall–Kier alpha value is -4.62. The fraction of sp³-hybridized carbons (Fsp3) is 0.480. The van der Waals surface area contributed by atoms with E-state index in [1.165, 1.54) is 29.8 Å². The largest absolute Gasteiger partial charge is 0.494 e. The first-order chi connectivity index (χ1) is 30.6. The molecule has 7 rings (SSSR count). The van der Waals surface area contributed by atoms with E-state index in [4.69, 9.17) is 25.8 Å². The van der Waals surface area contributed by atoms with Gasteiger partial charge < -0.3 is 19.5 Å². The number of fused-ring (bicyclic) bond motifs is 3. The minimum Gasteiger partial charge on any atom is -0.494 e. The Balaban J connectivity index is 1.11. The quantitative estimate of drug-likeness (QED) is 0.0880. The highest BCUT2D eigenvalue weighted by atomic mass is 79.9. The number of unbranched alkanes of at least 4 members (excludes halogenated alkanes) is 1. The van der Waals surface area contributed by atoms with Crippen molar-refractivity contribution < 1.29 is 41.8 Å². The second-order valence-electron chi connectivity index (χ2n) is 17.8. The molecule has 0 aliphatic heterocycles. The van der Waals surface area contributed by atoms with Gasteiger partial charge in [-0.15, -0.1) is 0 Å². The first-order valence-electron chi connectivity index (χ1n) is 22.3. The number of aryl methyl sites for hydroxylation is 1. The van der Waals surface area contributed by atoms with E-state index in [9.17, 15) is 27.6 Å². The van der Waals surface area contributed by atoms with Gasteiger partial charge in [0.1, 0.15) is 17.0 Å². The molecule has 0 bridgehead atoms. The van der Waals surface area contributed by atoms with E-state index < -0.39 is 29.0 Å². The molecule has 9 nitrogen and oxygen atoms in total. The third-order valence-electron chi connectivity index (χ3n) is 13.5. The Bertz CT molecular complexity index is 2320. The maximum Gasteiger partial charge on any atom is 0.471 e. The van der Waals surface area contributed by atoms with Crippen molar-refractivity contribution in [3.8, 4) is 11.5 Å². The summed E-state index contributed by atoms with van der Waals surface area (Å²) < 4.78 is 62.5. The highest BCUT2D eigenvalue weighted by Gasteiger charge is 2.60. The number of pyridine rings is 1. The number of halogens is 5. The number of carbonyl (C=O) groups excluding carboxylic acids is 3. The maximum atomic E-state index is 14.5. The van der Waals surface area contributed by atoms with E-state index in [1.54, 1.807) is 0 Å². The van der Waals surface area contributed by atoms with Gasteiger partial charge in [0.05, 0.1) is 26.7 Å². The summed E-state index contributed by atoms with van der Waals surface area (Å²) in [5, 5.41) is 3.11. The monoisotopic (exact) mass is 965 g/mol. The van der Waals surface area contributed by atoms with Crippen molar-refractivity contribution in [1.29, 1.82) is 0 Å². The highest BCUT2D eigenvalue weighted by molar-refractivity contribution is 9.10. The molecule has 64 heavy (non-hydrogen) atoms. The predicted molar refractivity (Wildman–Crippen MR) is 244 cm³/mol. The van der Waals surface area contributed by atoms with Gasteiger partial charge in [-0.2, -0.15) is 13.2 Å². The van der Waals surface area contributed by atoms with Crippen LogP contribution in [-0.4, -0.2) is 61.4 Å². The molecule has 4 aromatic rings. The lowest BCUT2D eigenvalue weighted by Gasteiger charge is -2.51. The van der Waals surface area contributed by atoms with Crippen molar-refractivity contribution in [3.05, 3.63) is 116 Å². The Morgan fingerprint density at radius 2 is 1.78 bits per heavy atom. The van der Waals surface area contributed by atoms with E-state index in [0.29, 0.717) is 62.0 Å². The number of rotatable bonds is 16. The molecule has 0 unspecified atom stereocenters. The summed E-state index contributed by atoms with van der Waals surface area (Å²) in [6, 6.07) is 21.3. The van der Waals surface area contributed by atoms with Crippen LogP contribution in [0, 0.1) is 11.8 Å². The zero-order chi connectivity index (χ0) is 45.6. The second kappa shape index (κ2) is 20.3. The summed E-state index contributed by atoms with van der Waals surface area (Å²) >= 11 is 9.72. The van der Waals surface area contributed by atoms with E-state index in [2.05, 4.69) is 52.2 Å². The van der Waals surface area contributed by atoms with Crippen LogP contribution in [0.4, 0.5) is 18.9 Å². The van der Waals surface area contributed by atoms with Gasteiger partial charge in [0.25, 0.3) is 0 Å². The number of carbonyl (C=O) groups is 3. The fourth-order valence-corrected chi connectivity index (χ4v) is 11.1. The first kappa shape index (κ1) is 47.3. The second-order valence-corrected chi connectivity index (χ2v) is 19.2. The van der Waals surface area contributed by atoms with E-state index >= 15 is 0 Å². The van der Waals surface area contributed by atoms with Crippen LogP contribution in [0.5, 0.6) is 11.5 Å². The number of hydrogen-bond acceptors (Lipinski definition) is 7. The minimum absolute atomic E-state index is 0.0496. The van der Waals surface area contributed by atoms with E-state index in [1.807, 2.05) is 42.6 Å². The summed E-state index contributed by atoms with van der Waals surface area (Å²) in [6.07, 6.45) is 3.33. The zero-order valence-corrected chi connectivity index (χ0v) is 38.9. The van der Waals surface area contributed by atoms with Gasteiger partial charge in [-0.3, -0.25) is 19.5 Å². The van der Waals surface area contributed by atoms with Gasteiger partial charge in [-0.1, -0.05) is 65.6 Å². The number of nitrogens with one attached hydrogen (secondary N) is 1. The SMILES string of the molecule is COC(=O)C1(N(C(=O)C(F)(F)F)c2cccc(Cl)c2)CCC2(CC1)c1cc(OCCCCNC(=O)Cc3cccc(Br)c3)ccc1C[C@@H]2C[C@@H](C)COc1ccnc2c1[C@H](C)CCC2. The Morgan fingerprint density at radius 1 is 1.00 bits per heavy atom. The Morgan fingerprint density at radius 3 is 2.52 bits per heavy atom. The van der Waals surface area contributed by atoms with Crippen LogP contribution < -0.4 is 19.7 Å². The zero-order valence-electron chi connectivity index (χ0n) is 36.6. The molecule has 0 radical (unpaired) electrons. The van der Waals surface area contributed by atoms with Crippen LogP contribution in [0.1, 0.15) is 106 Å². The summed E-state index contributed by atoms with van der Waals surface area (Å²) in [7, 11) is 1.14. The smallest absolute Gasteiger partial charge is 0.471 e. The van der Waals surface area contributed by atoms with Crippen LogP contribution in [0.25, 0.3) is 0 Å². The molecule has 3 aliphatic carbocycles. The molecule has 14 heteroatoms. The predicted octanol–water partition coefficient (Wildman–Crippen LogP) is 11.1. The lowest BCUT2D eigenvalue weighted by atomic mass is 9.59. The van der Waals surface area contributed by atoms with E-state index in [-0.39, 0.29) is 41.3 Å². The molecule has 342 valence electrons. The number of benzene rings is 3. The lowest BCUT2D eigenvalue weighted by molar-refractivity contribution is -0.174. The van der Waals surface area contributed by atoms with Crippen LogP contribution in [0.15, 0.2) is 83.5 Å². The minimum atomic E-state index is -5.28. The van der Waals surface area contributed by atoms with Crippen molar-refractivity contribution in [1.82, 2.24) is 10.3 Å². The molecule has 2 amide bonds. The van der Waals surface area contributed by atoms with Gasteiger partial charge in [0, 0.05) is 39.2 Å². The van der Waals surface area contributed by atoms with Gasteiger partial charge >= 0.3 is 18.1 Å². The molecule has 1 aromatic heterocycles. The maximum absolute atomic E-state index is 14.5. The van der Waals surface area contributed by atoms with Gasteiger partial charge in [-0.25, -0.2) is 4.79 Å². The molecule has 3 aliphatic rings. The average Bonchev–Trinajstić information content (AvgIpc) is 3.55. The third kappa shape index (κ3) is 10.4. The van der Waals surface area contributed by atoms with Crippen molar-refractivity contribution in [2.75, 3.05) is 31.8 Å². The summed E-state index contributed by atoms with van der Waals surface area (Å²) in [4.78, 5) is 45.2. The van der Waals surface area contributed by atoms with Crippen molar-refractivity contribution in [2.45, 2.75) is 114 Å². The number of nitrogens with zero attached hydrogens (tertiary/aromatic N) is 2. The van der Waals surface area contributed by atoms with Crippen molar-refractivity contribution >= 4 is 51.0 Å². The number of anilines is 1. The molecule has 1 spiro atoms. The molecule has 3 atom stereocenters. The third-order valence-corrected chi connectivity index (χ3v) is 14.3. The number of aromatic nitrogens is 1. The lowest BCUT2D eigenvalue weighted by Crippen LogP contribution is -2.63. The van der Waals surface area contributed by atoms with Gasteiger partial charge in [0.2, 0.25) is 5.91 Å². The molecule has 3 aromatic carbocycles. The molecule has 1 saturated carbocycles. The fourth-order valence-electron chi connectivity index (χ4n) is 10.5. The molecule has 1 N–H and O–H groups in total. The van der Waals surface area contributed by atoms with Crippen LogP contribution in [-0.2, 0) is 43.8 Å². The summed E-state index contributed by atoms with van der Waals surface area (Å²) in [5.41, 5.74) is 2.76. The van der Waals surface area contributed by atoms with Crippen molar-refractivity contribution in [2.24, 2.45) is 11.8 Å². The van der Waals surface area contributed by atoms with Crippen LogP contribution >= 0.6 is 27.5 Å². The number of esters is 1. The number of alkyl halides is 3. The standard InChI is InChI=1S/C50H56BrClF3N3O6/c1-32(31-64-43-17-23-56-42-14-6-9-33(2)45(42)43)25-36-28-35-15-16-40(63-24-5-4-22-57-44(59)27-34-10-7-11-37(51)26-34)30-41(35)48(36)18-20-49(21-19-48,47(61)62-3)58(46(60)50(53,54)55)39-13-8-12-38(52)29-39/h7-8,10-13,15-17,23,26,29-30,32-33,36H,4-6,9,14,18-22,24-25,27-28,31H2,1-3H3,(H,57,59)/t32-,33-,36+,48?,49?/m1/s1. The van der Waals surface area contributed by atoms with Gasteiger partial charge in [-0.05, 0) is 159 Å².